The van der Waals surface area contributed by atoms with Crippen molar-refractivity contribution in [2.24, 2.45) is 5.92 Å². The van der Waals surface area contributed by atoms with Crippen LogP contribution in [-0.4, -0.2) is 43.0 Å². The van der Waals surface area contributed by atoms with Crippen molar-refractivity contribution in [3.63, 3.8) is 0 Å². The third-order valence-corrected chi connectivity index (χ3v) is 3.11. The predicted octanol–water partition coefficient (Wildman–Crippen LogP) is 1.97. The molecule has 0 aliphatic carbocycles. The van der Waals surface area contributed by atoms with Crippen LogP contribution in [0, 0.1) is 5.92 Å². The molecular formula is C15H21NO5. The van der Waals surface area contributed by atoms with Crippen molar-refractivity contribution < 1.29 is 24.1 Å². The lowest BCUT2D eigenvalue weighted by Gasteiger charge is -2.22. The molecule has 0 saturated carbocycles. The summed E-state index contributed by atoms with van der Waals surface area (Å²) < 4.78 is 16.0. The van der Waals surface area contributed by atoms with E-state index in [-0.39, 0.29) is 13.3 Å². The number of fused-ring (bicyclic) bond motifs is 1. The zero-order valence-electron chi connectivity index (χ0n) is 12.6. The molecule has 2 rings (SSSR count). The first-order chi connectivity index (χ1) is 9.99. The molecule has 1 aliphatic rings. The van der Waals surface area contributed by atoms with E-state index < -0.39 is 5.97 Å². The molecule has 0 fully saturated rings. The average Bonchev–Trinajstić information content (AvgIpc) is 2.84. The summed E-state index contributed by atoms with van der Waals surface area (Å²) in [6.45, 7) is 5.56. The van der Waals surface area contributed by atoms with Gasteiger partial charge in [0.25, 0.3) is 0 Å². The lowest BCUT2D eigenvalue weighted by Crippen LogP contribution is -2.32. The minimum Gasteiger partial charge on any atom is -0.493 e. The minimum atomic E-state index is -0.830. The minimum absolute atomic E-state index is 0.00887. The number of ether oxygens (including phenoxy) is 3. The molecule has 0 amide bonds. The summed E-state index contributed by atoms with van der Waals surface area (Å²) in [6.07, 6.45) is 0. The maximum absolute atomic E-state index is 11.0. The number of carboxylic acid groups (broad SMARTS) is 1. The Morgan fingerprint density at radius 2 is 2.19 bits per heavy atom. The summed E-state index contributed by atoms with van der Waals surface area (Å²) in [4.78, 5) is 12.9. The Morgan fingerprint density at radius 1 is 1.43 bits per heavy atom. The number of hydrogen-bond acceptors (Lipinski definition) is 5. The van der Waals surface area contributed by atoms with E-state index in [1.165, 1.54) is 0 Å². The Bertz CT molecular complexity index is 515. The van der Waals surface area contributed by atoms with Crippen LogP contribution in [0.15, 0.2) is 12.1 Å². The Morgan fingerprint density at radius 3 is 2.81 bits per heavy atom. The smallest absolute Gasteiger partial charge is 0.317 e. The molecule has 1 N–H and O–H groups in total. The molecule has 0 bridgehead atoms. The molecule has 0 radical (unpaired) electrons. The fourth-order valence-electron chi connectivity index (χ4n) is 2.43. The molecule has 116 valence electrons. The Hall–Kier alpha value is -1.95. The summed E-state index contributed by atoms with van der Waals surface area (Å²) in [5.74, 6) is 1.42. The second-order valence-corrected chi connectivity index (χ2v) is 5.49. The summed E-state index contributed by atoms with van der Waals surface area (Å²) in [7, 11) is 1.57. The van der Waals surface area contributed by atoms with Crippen molar-refractivity contribution in [2.45, 2.75) is 20.4 Å². The standard InChI is InChI=1S/C15H21NO5/c1-10(2)6-16(8-14(17)18)7-11-4-12(19-3)15-13(5-11)20-9-21-15/h4-5,10H,6-9H2,1-3H3,(H,17,18). The van der Waals surface area contributed by atoms with Crippen LogP contribution in [0.2, 0.25) is 0 Å². The van der Waals surface area contributed by atoms with Crippen LogP contribution in [0.1, 0.15) is 19.4 Å². The van der Waals surface area contributed by atoms with Crippen LogP contribution in [0.4, 0.5) is 0 Å². The van der Waals surface area contributed by atoms with Crippen LogP contribution in [0.5, 0.6) is 17.2 Å². The van der Waals surface area contributed by atoms with Gasteiger partial charge in [-0.1, -0.05) is 13.8 Å². The number of methoxy groups -OCH3 is 1. The third-order valence-electron chi connectivity index (χ3n) is 3.11. The van der Waals surface area contributed by atoms with E-state index in [2.05, 4.69) is 13.8 Å². The van der Waals surface area contributed by atoms with Gasteiger partial charge < -0.3 is 19.3 Å². The highest BCUT2D eigenvalue weighted by molar-refractivity contribution is 5.69. The molecule has 21 heavy (non-hydrogen) atoms. The number of aliphatic carboxylic acids is 1. The normalized spacial score (nSPS) is 13.0. The molecule has 1 aromatic rings. The monoisotopic (exact) mass is 295 g/mol. The van der Waals surface area contributed by atoms with Crippen molar-refractivity contribution >= 4 is 5.97 Å². The molecule has 0 unspecified atom stereocenters. The van der Waals surface area contributed by atoms with Gasteiger partial charge in [0.05, 0.1) is 13.7 Å². The van der Waals surface area contributed by atoms with Crippen molar-refractivity contribution in [1.29, 1.82) is 0 Å². The molecule has 0 spiro atoms. The van der Waals surface area contributed by atoms with Crippen molar-refractivity contribution in [3.05, 3.63) is 17.7 Å². The Kier molecular flexibility index (Phi) is 4.90. The average molecular weight is 295 g/mol. The van der Waals surface area contributed by atoms with Gasteiger partial charge in [0, 0.05) is 13.1 Å². The van der Waals surface area contributed by atoms with Gasteiger partial charge in [0.15, 0.2) is 11.5 Å². The highest BCUT2D eigenvalue weighted by Crippen LogP contribution is 2.42. The van der Waals surface area contributed by atoms with Gasteiger partial charge >= 0.3 is 5.97 Å². The van der Waals surface area contributed by atoms with E-state index in [0.29, 0.717) is 36.3 Å². The highest BCUT2D eigenvalue weighted by Gasteiger charge is 2.21. The zero-order chi connectivity index (χ0) is 15.4. The first kappa shape index (κ1) is 15.4. The van der Waals surface area contributed by atoms with E-state index in [1.807, 2.05) is 17.0 Å². The Labute approximate surface area is 124 Å². The summed E-state index contributed by atoms with van der Waals surface area (Å²) in [6, 6.07) is 3.74. The summed E-state index contributed by atoms with van der Waals surface area (Å²) >= 11 is 0. The van der Waals surface area contributed by atoms with E-state index in [1.54, 1.807) is 7.11 Å². The second kappa shape index (κ2) is 6.67. The summed E-state index contributed by atoms with van der Waals surface area (Å²) in [5, 5.41) is 9.02. The molecule has 1 heterocycles. The van der Waals surface area contributed by atoms with Crippen molar-refractivity contribution in [1.82, 2.24) is 4.90 Å². The van der Waals surface area contributed by atoms with E-state index >= 15 is 0 Å². The highest BCUT2D eigenvalue weighted by atomic mass is 16.7. The first-order valence-corrected chi connectivity index (χ1v) is 6.90. The quantitative estimate of drug-likeness (QED) is 0.829. The molecule has 0 aromatic heterocycles. The van der Waals surface area contributed by atoms with Gasteiger partial charge in [-0.2, -0.15) is 0 Å². The fraction of sp³-hybridized carbons (Fsp3) is 0.533. The molecule has 0 atom stereocenters. The van der Waals surface area contributed by atoms with Crippen LogP contribution < -0.4 is 14.2 Å². The lowest BCUT2D eigenvalue weighted by molar-refractivity contribution is -0.138. The molecule has 6 nitrogen and oxygen atoms in total. The van der Waals surface area contributed by atoms with Gasteiger partial charge in [-0.15, -0.1) is 0 Å². The number of nitrogens with zero attached hydrogens (tertiary/aromatic N) is 1. The Balaban J connectivity index is 2.18. The van der Waals surface area contributed by atoms with E-state index in [4.69, 9.17) is 19.3 Å². The van der Waals surface area contributed by atoms with Gasteiger partial charge in [0.2, 0.25) is 12.5 Å². The van der Waals surface area contributed by atoms with Gasteiger partial charge in [-0.25, -0.2) is 0 Å². The molecule has 1 aromatic carbocycles. The second-order valence-electron chi connectivity index (χ2n) is 5.49. The maximum atomic E-state index is 11.0. The SMILES string of the molecule is COc1cc(CN(CC(=O)O)CC(C)C)cc2c1OCO2. The van der Waals surface area contributed by atoms with E-state index in [9.17, 15) is 4.79 Å². The van der Waals surface area contributed by atoms with Crippen LogP contribution in [0.3, 0.4) is 0 Å². The van der Waals surface area contributed by atoms with Gasteiger partial charge in [0.1, 0.15) is 0 Å². The van der Waals surface area contributed by atoms with Crippen LogP contribution >= 0.6 is 0 Å². The van der Waals surface area contributed by atoms with Crippen molar-refractivity contribution in [3.8, 4) is 17.2 Å². The number of carboxylic acids is 1. The summed E-state index contributed by atoms with van der Waals surface area (Å²) in [5.41, 5.74) is 0.943. The molecular weight excluding hydrogens is 274 g/mol. The van der Waals surface area contributed by atoms with Gasteiger partial charge in [-0.05, 0) is 23.6 Å². The largest absolute Gasteiger partial charge is 0.493 e. The number of rotatable bonds is 7. The number of hydrogen-bond donors (Lipinski definition) is 1. The van der Waals surface area contributed by atoms with Crippen LogP contribution in [0.25, 0.3) is 0 Å². The number of carbonyl (C=O) groups is 1. The maximum Gasteiger partial charge on any atom is 0.317 e. The fourth-order valence-corrected chi connectivity index (χ4v) is 2.43. The topological polar surface area (TPSA) is 68.2 Å². The molecule has 0 saturated heterocycles. The van der Waals surface area contributed by atoms with Gasteiger partial charge in [-0.3, -0.25) is 9.69 Å². The third kappa shape index (κ3) is 4.01. The number of benzene rings is 1. The van der Waals surface area contributed by atoms with Crippen molar-refractivity contribution in [2.75, 3.05) is 27.0 Å². The molecule has 6 heteroatoms. The van der Waals surface area contributed by atoms with Crippen LogP contribution in [-0.2, 0) is 11.3 Å². The predicted molar refractivity (Wildman–Crippen MR) is 76.9 cm³/mol. The zero-order valence-corrected chi connectivity index (χ0v) is 12.6. The van der Waals surface area contributed by atoms with E-state index in [0.717, 1.165) is 5.56 Å². The lowest BCUT2D eigenvalue weighted by atomic mass is 10.1. The first-order valence-electron chi connectivity index (χ1n) is 6.90. The molecule has 1 aliphatic heterocycles.